The lowest BCUT2D eigenvalue weighted by atomic mass is 9.78. The highest BCUT2D eigenvalue weighted by molar-refractivity contribution is 5.79. The van der Waals surface area contributed by atoms with Crippen molar-refractivity contribution in [2.75, 3.05) is 0 Å². The summed E-state index contributed by atoms with van der Waals surface area (Å²) in [4.78, 5) is 20.6. The number of rotatable bonds is 4. The molecule has 1 N–H and O–H groups in total. The first-order valence-corrected chi connectivity index (χ1v) is 8.23. The first-order valence-electron chi connectivity index (χ1n) is 8.23. The quantitative estimate of drug-likeness (QED) is 0.919. The number of imidazole rings is 1. The third kappa shape index (κ3) is 4.00. The van der Waals surface area contributed by atoms with E-state index in [1.54, 1.807) is 41.6 Å². The molecule has 25 heavy (non-hydrogen) atoms. The Labute approximate surface area is 143 Å². The van der Waals surface area contributed by atoms with Gasteiger partial charge in [0.1, 0.15) is 12.1 Å². The molecule has 1 amide bonds. The summed E-state index contributed by atoms with van der Waals surface area (Å²) in [6.45, 7) is 0.126. The Hall–Kier alpha value is -2.38. The van der Waals surface area contributed by atoms with Crippen LogP contribution in [0, 0.1) is 11.8 Å². The lowest BCUT2D eigenvalue weighted by Crippen LogP contribution is -2.42. The minimum Gasteiger partial charge on any atom is -0.352 e. The van der Waals surface area contributed by atoms with Crippen LogP contribution in [0.1, 0.15) is 31.2 Å². The van der Waals surface area contributed by atoms with E-state index in [2.05, 4.69) is 15.3 Å². The number of amides is 1. The van der Waals surface area contributed by atoms with Gasteiger partial charge in [0.25, 0.3) is 0 Å². The number of halogens is 3. The van der Waals surface area contributed by atoms with E-state index in [0.717, 1.165) is 0 Å². The van der Waals surface area contributed by atoms with Gasteiger partial charge in [-0.05, 0) is 18.9 Å². The van der Waals surface area contributed by atoms with E-state index >= 15 is 0 Å². The van der Waals surface area contributed by atoms with Crippen molar-refractivity contribution in [3.05, 3.63) is 42.6 Å². The van der Waals surface area contributed by atoms with Gasteiger partial charge in [0.15, 0.2) is 0 Å². The molecule has 2 unspecified atom stereocenters. The van der Waals surface area contributed by atoms with E-state index in [9.17, 15) is 18.0 Å². The van der Waals surface area contributed by atoms with Crippen LogP contribution in [0.4, 0.5) is 13.2 Å². The molecule has 0 saturated heterocycles. The number of hydrogen-bond donors (Lipinski definition) is 1. The van der Waals surface area contributed by atoms with E-state index in [1.807, 2.05) is 0 Å². The van der Waals surface area contributed by atoms with Crippen molar-refractivity contribution in [3.8, 4) is 5.82 Å². The highest BCUT2D eigenvalue weighted by Gasteiger charge is 2.47. The molecular weight excluding hydrogens is 333 g/mol. The van der Waals surface area contributed by atoms with Crippen molar-refractivity contribution in [2.45, 2.75) is 38.4 Å². The summed E-state index contributed by atoms with van der Waals surface area (Å²) in [5.41, 5.74) is 0.716. The van der Waals surface area contributed by atoms with Crippen LogP contribution in [0.15, 0.2) is 37.1 Å². The molecule has 0 aromatic carbocycles. The predicted octanol–water partition coefficient (Wildman–Crippen LogP) is 3.25. The van der Waals surface area contributed by atoms with Crippen LogP contribution in [0.2, 0.25) is 0 Å². The first-order chi connectivity index (χ1) is 12.0. The fraction of sp³-hybridized carbons (Fsp3) is 0.471. The molecule has 0 aliphatic heterocycles. The standard InChI is InChI=1S/C17H19F3N4O/c18-17(19,20)14-6-2-1-5-13(14)16(25)23-10-12-4-3-7-22-15(12)24-9-8-21-11-24/h3-4,7-9,11,13-14H,1-2,5-6,10H2,(H,23,25). The fourth-order valence-electron chi connectivity index (χ4n) is 3.34. The van der Waals surface area contributed by atoms with Crippen molar-refractivity contribution < 1.29 is 18.0 Å². The fourth-order valence-corrected chi connectivity index (χ4v) is 3.34. The molecule has 8 heteroatoms. The van der Waals surface area contributed by atoms with E-state index in [-0.39, 0.29) is 19.4 Å². The Kier molecular flexibility index (Phi) is 5.06. The summed E-state index contributed by atoms with van der Waals surface area (Å²) in [6.07, 6.45) is 3.64. The van der Waals surface area contributed by atoms with E-state index in [0.29, 0.717) is 24.2 Å². The number of pyridine rings is 1. The van der Waals surface area contributed by atoms with Crippen molar-refractivity contribution in [2.24, 2.45) is 11.8 Å². The highest BCUT2D eigenvalue weighted by Crippen LogP contribution is 2.41. The molecule has 1 aliphatic carbocycles. The largest absolute Gasteiger partial charge is 0.392 e. The molecular formula is C17H19F3N4O. The number of nitrogens with zero attached hydrogens (tertiary/aromatic N) is 3. The van der Waals surface area contributed by atoms with E-state index in [4.69, 9.17) is 0 Å². The maximum atomic E-state index is 13.2. The average Bonchev–Trinajstić information content (AvgIpc) is 3.13. The van der Waals surface area contributed by atoms with E-state index < -0.39 is 23.9 Å². The van der Waals surface area contributed by atoms with Gasteiger partial charge in [-0.3, -0.25) is 9.36 Å². The SMILES string of the molecule is O=C(NCc1cccnc1-n1ccnc1)C1CCCCC1C(F)(F)F. The molecule has 2 aromatic heterocycles. The van der Waals surface area contributed by atoms with Gasteiger partial charge in [-0.15, -0.1) is 0 Å². The van der Waals surface area contributed by atoms with Crippen molar-refractivity contribution >= 4 is 5.91 Å². The number of carbonyl (C=O) groups is 1. The van der Waals surface area contributed by atoms with Gasteiger partial charge < -0.3 is 5.32 Å². The topological polar surface area (TPSA) is 59.8 Å². The molecule has 2 atom stereocenters. The van der Waals surface area contributed by atoms with Gasteiger partial charge in [0, 0.05) is 36.6 Å². The van der Waals surface area contributed by atoms with Gasteiger partial charge in [-0.2, -0.15) is 13.2 Å². The van der Waals surface area contributed by atoms with Crippen LogP contribution in [0.5, 0.6) is 0 Å². The Balaban J connectivity index is 1.70. The smallest absolute Gasteiger partial charge is 0.352 e. The summed E-state index contributed by atoms with van der Waals surface area (Å²) in [5.74, 6) is -2.51. The second-order valence-electron chi connectivity index (χ2n) is 6.21. The zero-order chi connectivity index (χ0) is 17.9. The molecule has 1 fully saturated rings. The lowest BCUT2D eigenvalue weighted by Gasteiger charge is -2.32. The Morgan fingerprint density at radius 2 is 2.08 bits per heavy atom. The Morgan fingerprint density at radius 3 is 2.80 bits per heavy atom. The molecule has 3 rings (SSSR count). The predicted molar refractivity (Wildman–Crippen MR) is 84.7 cm³/mol. The minimum atomic E-state index is -4.33. The lowest BCUT2D eigenvalue weighted by molar-refractivity contribution is -0.198. The van der Waals surface area contributed by atoms with Gasteiger partial charge in [-0.25, -0.2) is 9.97 Å². The van der Waals surface area contributed by atoms with Gasteiger partial charge in [0.05, 0.1) is 5.92 Å². The summed E-state index contributed by atoms with van der Waals surface area (Å²) in [6, 6.07) is 3.51. The summed E-state index contributed by atoms with van der Waals surface area (Å²) < 4.78 is 41.2. The van der Waals surface area contributed by atoms with Crippen molar-refractivity contribution in [3.63, 3.8) is 0 Å². The minimum absolute atomic E-state index is 0.0226. The number of alkyl halides is 3. The van der Waals surface area contributed by atoms with Crippen LogP contribution < -0.4 is 5.32 Å². The van der Waals surface area contributed by atoms with Crippen molar-refractivity contribution in [1.82, 2.24) is 19.9 Å². The van der Waals surface area contributed by atoms with Gasteiger partial charge in [-0.1, -0.05) is 18.9 Å². The van der Waals surface area contributed by atoms with Gasteiger partial charge >= 0.3 is 6.18 Å². The van der Waals surface area contributed by atoms with Crippen LogP contribution in [-0.2, 0) is 11.3 Å². The highest BCUT2D eigenvalue weighted by atomic mass is 19.4. The van der Waals surface area contributed by atoms with E-state index in [1.165, 1.54) is 0 Å². The van der Waals surface area contributed by atoms with Gasteiger partial charge in [0.2, 0.25) is 5.91 Å². The van der Waals surface area contributed by atoms with Crippen molar-refractivity contribution in [1.29, 1.82) is 0 Å². The molecule has 5 nitrogen and oxygen atoms in total. The monoisotopic (exact) mass is 352 g/mol. The molecule has 2 aromatic rings. The molecule has 0 bridgehead atoms. The second-order valence-corrected chi connectivity index (χ2v) is 6.21. The van der Waals surface area contributed by atoms with Crippen LogP contribution in [0.3, 0.4) is 0 Å². The zero-order valence-corrected chi connectivity index (χ0v) is 13.5. The summed E-state index contributed by atoms with van der Waals surface area (Å²) >= 11 is 0. The van der Waals surface area contributed by atoms with Crippen LogP contribution in [0.25, 0.3) is 5.82 Å². The Bertz CT molecular complexity index is 715. The molecule has 2 heterocycles. The number of nitrogens with one attached hydrogen (secondary N) is 1. The maximum absolute atomic E-state index is 13.2. The number of aromatic nitrogens is 3. The normalized spacial score (nSPS) is 21.1. The average molecular weight is 352 g/mol. The van der Waals surface area contributed by atoms with Crippen LogP contribution >= 0.6 is 0 Å². The summed E-state index contributed by atoms with van der Waals surface area (Å²) in [7, 11) is 0. The third-order valence-electron chi connectivity index (χ3n) is 4.59. The first kappa shape index (κ1) is 17.4. The third-order valence-corrected chi connectivity index (χ3v) is 4.59. The molecule has 134 valence electrons. The molecule has 1 saturated carbocycles. The second kappa shape index (κ2) is 7.25. The zero-order valence-electron chi connectivity index (χ0n) is 13.5. The maximum Gasteiger partial charge on any atom is 0.392 e. The summed E-state index contributed by atoms with van der Waals surface area (Å²) in [5, 5.41) is 2.66. The number of hydrogen-bond acceptors (Lipinski definition) is 3. The Morgan fingerprint density at radius 1 is 1.28 bits per heavy atom. The van der Waals surface area contributed by atoms with Crippen LogP contribution in [-0.4, -0.2) is 26.6 Å². The molecule has 0 spiro atoms. The molecule has 0 radical (unpaired) electrons. The molecule has 1 aliphatic rings. The number of carbonyl (C=O) groups excluding carboxylic acids is 1.